The molecular formula is C22H13ClINO3. The van der Waals surface area contributed by atoms with E-state index in [1.54, 1.807) is 48.5 Å². The second kappa shape index (κ2) is 7.77. The van der Waals surface area contributed by atoms with Crippen LogP contribution in [0.25, 0.3) is 22.1 Å². The van der Waals surface area contributed by atoms with Crippen LogP contribution in [0.15, 0.2) is 82.0 Å². The number of para-hydroxylation sites is 1. The van der Waals surface area contributed by atoms with Crippen molar-refractivity contribution in [1.29, 1.82) is 0 Å². The number of anilines is 1. The van der Waals surface area contributed by atoms with Crippen LogP contribution in [0.1, 0.15) is 10.4 Å². The van der Waals surface area contributed by atoms with E-state index in [1.807, 2.05) is 24.3 Å². The average molecular weight is 502 g/mol. The van der Waals surface area contributed by atoms with E-state index < -0.39 is 5.63 Å². The Morgan fingerprint density at radius 1 is 0.964 bits per heavy atom. The van der Waals surface area contributed by atoms with Gasteiger partial charge < -0.3 is 9.73 Å². The van der Waals surface area contributed by atoms with Gasteiger partial charge in [0.1, 0.15) is 5.58 Å². The summed E-state index contributed by atoms with van der Waals surface area (Å²) in [7, 11) is 0. The molecule has 0 atom stereocenters. The number of hydrogen-bond donors (Lipinski definition) is 1. The molecule has 138 valence electrons. The van der Waals surface area contributed by atoms with E-state index in [-0.39, 0.29) is 5.91 Å². The van der Waals surface area contributed by atoms with Gasteiger partial charge in [0.25, 0.3) is 5.91 Å². The van der Waals surface area contributed by atoms with Crippen molar-refractivity contribution in [2.24, 2.45) is 0 Å². The smallest absolute Gasteiger partial charge is 0.344 e. The third kappa shape index (κ3) is 3.81. The molecule has 1 aromatic heterocycles. The van der Waals surface area contributed by atoms with Crippen LogP contribution in [0.4, 0.5) is 5.69 Å². The number of nitrogens with one attached hydrogen (secondary N) is 1. The molecule has 0 aliphatic rings. The van der Waals surface area contributed by atoms with E-state index in [2.05, 4.69) is 27.9 Å². The van der Waals surface area contributed by atoms with Gasteiger partial charge in [0.15, 0.2) is 0 Å². The lowest BCUT2D eigenvalue weighted by Gasteiger charge is -2.09. The zero-order chi connectivity index (χ0) is 19.7. The second-order valence-electron chi connectivity index (χ2n) is 6.14. The Bertz CT molecular complexity index is 1270. The Morgan fingerprint density at radius 2 is 1.79 bits per heavy atom. The number of hydrogen-bond acceptors (Lipinski definition) is 3. The molecule has 1 heterocycles. The molecule has 0 spiro atoms. The highest BCUT2D eigenvalue weighted by Crippen LogP contribution is 2.26. The standard InChI is InChI=1S/C22H13ClINO3/c23-18-12-16(24)8-9-19(18)25-21(26)15-6-3-5-13(10-15)17-11-14-4-1-2-7-20(14)28-22(17)27/h1-12H,(H,25,26). The first-order valence-corrected chi connectivity index (χ1v) is 9.87. The molecule has 0 saturated carbocycles. The molecule has 0 unspecified atom stereocenters. The lowest BCUT2D eigenvalue weighted by molar-refractivity contribution is 0.102. The lowest BCUT2D eigenvalue weighted by atomic mass is 10.0. The quantitative estimate of drug-likeness (QED) is 0.278. The van der Waals surface area contributed by atoms with E-state index in [4.69, 9.17) is 16.0 Å². The molecule has 3 aromatic carbocycles. The molecule has 1 amide bonds. The molecule has 0 fully saturated rings. The minimum Gasteiger partial charge on any atom is -0.422 e. The average Bonchev–Trinajstić information content (AvgIpc) is 2.69. The molecule has 0 bridgehead atoms. The Balaban J connectivity index is 1.69. The van der Waals surface area contributed by atoms with Gasteiger partial charge in [-0.2, -0.15) is 0 Å². The summed E-state index contributed by atoms with van der Waals surface area (Å²) in [5.41, 5.74) is 2.04. The van der Waals surface area contributed by atoms with Crippen LogP contribution in [0.5, 0.6) is 0 Å². The van der Waals surface area contributed by atoms with Crippen molar-refractivity contribution in [1.82, 2.24) is 0 Å². The van der Waals surface area contributed by atoms with E-state index >= 15 is 0 Å². The van der Waals surface area contributed by atoms with Crippen LogP contribution in [0, 0.1) is 3.57 Å². The molecule has 1 N–H and O–H groups in total. The molecule has 0 aliphatic carbocycles. The van der Waals surface area contributed by atoms with Gasteiger partial charge in [-0.25, -0.2) is 4.79 Å². The van der Waals surface area contributed by atoms with Gasteiger partial charge in [-0.05, 0) is 70.6 Å². The van der Waals surface area contributed by atoms with Gasteiger partial charge >= 0.3 is 5.63 Å². The largest absolute Gasteiger partial charge is 0.422 e. The maximum Gasteiger partial charge on any atom is 0.344 e. The maximum atomic E-state index is 12.7. The highest BCUT2D eigenvalue weighted by Gasteiger charge is 2.12. The highest BCUT2D eigenvalue weighted by molar-refractivity contribution is 14.1. The van der Waals surface area contributed by atoms with Gasteiger partial charge in [0.2, 0.25) is 0 Å². The predicted molar refractivity (Wildman–Crippen MR) is 120 cm³/mol. The van der Waals surface area contributed by atoms with E-state index in [1.165, 1.54) is 0 Å². The molecule has 0 aliphatic heterocycles. The lowest BCUT2D eigenvalue weighted by Crippen LogP contribution is -2.12. The summed E-state index contributed by atoms with van der Waals surface area (Å²) in [6.45, 7) is 0. The summed E-state index contributed by atoms with van der Waals surface area (Å²) in [5.74, 6) is -0.310. The number of amides is 1. The fourth-order valence-corrected chi connectivity index (χ4v) is 3.78. The first-order valence-electron chi connectivity index (χ1n) is 8.41. The molecule has 0 radical (unpaired) electrons. The van der Waals surface area contributed by atoms with E-state index in [0.29, 0.717) is 33.0 Å². The number of carbonyl (C=O) groups is 1. The number of benzene rings is 3. The summed E-state index contributed by atoms with van der Waals surface area (Å²) in [6.07, 6.45) is 0. The topological polar surface area (TPSA) is 59.3 Å². The number of rotatable bonds is 3. The van der Waals surface area contributed by atoms with Crippen LogP contribution < -0.4 is 10.9 Å². The fourth-order valence-electron chi connectivity index (χ4n) is 2.88. The van der Waals surface area contributed by atoms with Gasteiger partial charge in [0.05, 0.1) is 16.3 Å². The molecule has 4 aromatic rings. The van der Waals surface area contributed by atoms with Gasteiger partial charge in [-0.3, -0.25) is 4.79 Å². The van der Waals surface area contributed by atoms with Crippen molar-refractivity contribution >= 4 is 56.8 Å². The van der Waals surface area contributed by atoms with Gasteiger partial charge in [-0.15, -0.1) is 0 Å². The molecule has 6 heteroatoms. The van der Waals surface area contributed by atoms with Crippen LogP contribution in [0.2, 0.25) is 5.02 Å². The van der Waals surface area contributed by atoms with Crippen LogP contribution in [-0.4, -0.2) is 5.91 Å². The van der Waals surface area contributed by atoms with Crippen LogP contribution in [-0.2, 0) is 0 Å². The minimum absolute atomic E-state index is 0.310. The Labute approximate surface area is 179 Å². The zero-order valence-corrected chi connectivity index (χ0v) is 17.3. The van der Waals surface area contributed by atoms with Crippen molar-refractivity contribution in [3.05, 3.63) is 97.4 Å². The monoisotopic (exact) mass is 501 g/mol. The summed E-state index contributed by atoms with van der Waals surface area (Å²) in [6, 6.07) is 21.3. The van der Waals surface area contributed by atoms with E-state index in [9.17, 15) is 9.59 Å². The second-order valence-corrected chi connectivity index (χ2v) is 7.80. The van der Waals surface area contributed by atoms with Crippen molar-refractivity contribution in [3.8, 4) is 11.1 Å². The van der Waals surface area contributed by atoms with Crippen molar-refractivity contribution in [2.45, 2.75) is 0 Å². The Morgan fingerprint density at radius 3 is 2.61 bits per heavy atom. The molecular weight excluding hydrogens is 489 g/mol. The number of fused-ring (bicyclic) bond motifs is 1. The summed E-state index contributed by atoms with van der Waals surface area (Å²) in [5, 5.41) is 4.08. The highest BCUT2D eigenvalue weighted by atomic mass is 127. The maximum absolute atomic E-state index is 12.7. The molecule has 0 saturated heterocycles. The predicted octanol–water partition coefficient (Wildman–Crippen LogP) is 5.97. The number of carbonyl (C=O) groups excluding carboxylic acids is 1. The molecule has 4 rings (SSSR count). The first kappa shape index (κ1) is 18.7. The third-order valence-corrected chi connectivity index (χ3v) is 5.24. The molecule has 4 nitrogen and oxygen atoms in total. The number of halogens is 2. The van der Waals surface area contributed by atoms with Crippen molar-refractivity contribution < 1.29 is 9.21 Å². The van der Waals surface area contributed by atoms with Crippen LogP contribution in [0.3, 0.4) is 0 Å². The normalized spacial score (nSPS) is 10.8. The summed E-state index contributed by atoms with van der Waals surface area (Å²) in [4.78, 5) is 25.1. The van der Waals surface area contributed by atoms with Gasteiger partial charge in [-0.1, -0.05) is 41.9 Å². The first-order chi connectivity index (χ1) is 13.5. The SMILES string of the molecule is O=C(Nc1ccc(I)cc1Cl)c1cccc(-c2cc3ccccc3oc2=O)c1. The Kier molecular flexibility index (Phi) is 5.19. The summed E-state index contributed by atoms with van der Waals surface area (Å²) >= 11 is 8.34. The Hall–Kier alpha value is -2.64. The van der Waals surface area contributed by atoms with Crippen LogP contribution >= 0.6 is 34.2 Å². The van der Waals surface area contributed by atoms with E-state index in [0.717, 1.165) is 8.96 Å². The minimum atomic E-state index is -0.447. The van der Waals surface area contributed by atoms with Crippen molar-refractivity contribution in [2.75, 3.05) is 5.32 Å². The zero-order valence-electron chi connectivity index (χ0n) is 14.4. The molecule has 28 heavy (non-hydrogen) atoms. The summed E-state index contributed by atoms with van der Waals surface area (Å²) < 4.78 is 6.37. The third-order valence-electron chi connectivity index (χ3n) is 4.26. The van der Waals surface area contributed by atoms with Crippen molar-refractivity contribution in [3.63, 3.8) is 0 Å². The van der Waals surface area contributed by atoms with Gasteiger partial charge in [0, 0.05) is 14.5 Å². The fraction of sp³-hybridized carbons (Fsp3) is 0.